The summed E-state index contributed by atoms with van der Waals surface area (Å²) in [5.74, 6) is 0. The molecule has 0 aliphatic rings. The Hall–Kier alpha value is 2.93. The van der Waals surface area contributed by atoms with Crippen LogP contribution in [0.1, 0.15) is 2.85 Å². The van der Waals surface area contributed by atoms with Gasteiger partial charge in [-0.15, -0.1) is 0 Å². The van der Waals surface area contributed by atoms with Gasteiger partial charge >= 0.3 is 40.6 Å². The molecule has 0 aromatic carbocycles. The first-order chi connectivity index (χ1) is 0. The van der Waals surface area contributed by atoms with Crippen LogP contribution in [0.25, 0.3) is 0 Å². The van der Waals surface area contributed by atoms with Gasteiger partial charge in [0.25, 0.3) is 0 Å². The zero-order chi connectivity index (χ0) is 0. The van der Waals surface area contributed by atoms with Crippen molar-refractivity contribution in [3.8, 4) is 0 Å². The van der Waals surface area contributed by atoms with Crippen LogP contribution in [-0.2, 0) is 48.6 Å². The monoisotopic (exact) mass is 287 g/mol. The first-order valence-electron chi connectivity index (χ1n) is 0. The summed E-state index contributed by atoms with van der Waals surface area (Å²) >= 11 is 0. The molecule has 0 rings (SSSR count). The minimum atomic E-state index is 0. The second kappa shape index (κ2) is 16.8. The van der Waals surface area contributed by atoms with Gasteiger partial charge < -0.3 is 2.85 Å². The number of hydrogen-bond donors (Lipinski definition) is 0. The van der Waals surface area contributed by atoms with E-state index >= 15 is 0 Å². The molecule has 0 N–H and O–H groups in total. The molecule has 0 saturated carbocycles. The van der Waals surface area contributed by atoms with Crippen molar-refractivity contribution in [2.24, 2.45) is 0 Å². The molecule has 0 aliphatic carbocycles. The summed E-state index contributed by atoms with van der Waals surface area (Å²) in [6, 6.07) is 0. The summed E-state index contributed by atoms with van der Waals surface area (Å²) in [4.78, 5) is 0. The molecule has 0 spiro atoms. The maximum atomic E-state index is 0. The molecule has 0 bridgehead atoms. The normalized spacial score (nSPS) is 0. The van der Waals surface area contributed by atoms with Crippen molar-refractivity contribution in [2.75, 3.05) is 0 Å². The molecule has 0 amide bonds. The van der Waals surface area contributed by atoms with Gasteiger partial charge in [-0.25, -0.2) is 0 Å². The fourth-order valence-corrected chi connectivity index (χ4v) is 0. The Labute approximate surface area is 90.6 Å². The molecule has 0 aromatic heterocycles. The topological polar surface area (TPSA) is 0 Å². The molecule has 0 aromatic rings. The summed E-state index contributed by atoms with van der Waals surface area (Å²) in [5, 5.41) is 0. The summed E-state index contributed by atoms with van der Waals surface area (Å²) in [6.45, 7) is 0. The molecule has 0 atom stereocenters. The number of rotatable bonds is 0. The van der Waals surface area contributed by atoms with Gasteiger partial charge in [-0.2, -0.15) is 0 Å². The van der Waals surface area contributed by atoms with Gasteiger partial charge in [0, 0.05) is 48.6 Å². The predicted octanol–water partition coefficient (Wildman–Crippen LogP) is -1.61. The molecule has 1 radical (unpaired) electrons. The molecule has 0 aliphatic heterocycles. The minimum absolute atomic E-state index is 0. The molecule has 0 heterocycles. The quantitative estimate of drug-likeness (QED) is 0.470. The van der Waals surface area contributed by atoms with E-state index in [-0.39, 0.29) is 92.1 Å². The van der Waals surface area contributed by atoms with E-state index in [0.717, 1.165) is 0 Å². The van der Waals surface area contributed by atoms with Crippen molar-refractivity contribution in [3.05, 3.63) is 0 Å². The standard InChI is InChI=1S/GeH4.Mg.Nb.Zr.2H/h1H4;;;;;/q;+2;;;2*-1. The third-order valence-corrected chi connectivity index (χ3v) is 0. The van der Waals surface area contributed by atoms with Gasteiger partial charge in [-0.05, 0) is 0 Å². The Morgan fingerprint density at radius 2 is 1.25 bits per heavy atom. The van der Waals surface area contributed by atoms with Gasteiger partial charge in [0.05, 0.1) is 0 Å². The summed E-state index contributed by atoms with van der Waals surface area (Å²) in [7, 11) is 0. The van der Waals surface area contributed by atoms with Gasteiger partial charge in [0.15, 0.2) is 0 Å². The third kappa shape index (κ3) is 8.87. The Balaban J connectivity index is 0. The Morgan fingerprint density at radius 1 is 1.25 bits per heavy atom. The van der Waals surface area contributed by atoms with E-state index in [9.17, 15) is 0 Å². The van der Waals surface area contributed by atoms with Crippen LogP contribution < -0.4 is 0 Å². The van der Waals surface area contributed by atoms with E-state index in [4.69, 9.17) is 0 Å². The molecular formula is H6GeMgNbZr. The van der Waals surface area contributed by atoms with Gasteiger partial charge in [0.1, 0.15) is 0 Å². The zero-order valence-electron chi connectivity index (χ0n) is 3.65. The second-order valence-electron chi connectivity index (χ2n) is 0. The molecule has 4 heavy (non-hydrogen) atoms. The Kier molecular flexibility index (Phi) is 119. The van der Waals surface area contributed by atoms with Crippen LogP contribution in [0.15, 0.2) is 0 Å². The molecular weight excluding hydrogens is 281 g/mol. The van der Waals surface area contributed by atoms with Crippen molar-refractivity contribution in [1.29, 1.82) is 0 Å². The van der Waals surface area contributed by atoms with Crippen LogP contribution in [0.5, 0.6) is 0 Å². The van der Waals surface area contributed by atoms with Crippen LogP contribution >= 0.6 is 0 Å². The van der Waals surface area contributed by atoms with Crippen molar-refractivity contribution in [2.45, 2.75) is 0 Å². The average Bonchev–Trinajstić information content (AvgIpc) is 0. The largest absolute Gasteiger partial charge is 2.00 e. The molecule has 0 unspecified atom stereocenters. The van der Waals surface area contributed by atoms with Crippen LogP contribution in [0, 0.1) is 0 Å². The first-order valence-corrected chi connectivity index (χ1v) is 0. The van der Waals surface area contributed by atoms with Crippen LogP contribution in [0.3, 0.4) is 0 Å². The van der Waals surface area contributed by atoms with E-state index < -0.39 is 0 Å². The van der Waals surface area contributed by atoms with E-state index in [2.05, 4.69) is 0 Å². The Bertz CT molecular complexity index is 13.5. The van der Waals surface area contributed by atoms with E-state index in [1.54, 1.807) is 0 Å². The molecule has 4 heteroatoms. The molecule has 0 nitrogen and oxygen atoms in total. The predicted molar refractivity (Wildman–Crippen MR) is 19.3 cm³/mol. The maximum Gasteiger partial charge on any atom is 2.00 e. The van der Waals surface area contributed by atoms with E-state index in [1.807, 2.05) is 0 Å². The van der Waals surface area contributed by atoms with Gasteiger partial charge in [-0.1, -0.05) is 0 Å². The third-order valence-electron chi connectivity index (χ3n) is 0. The fourth-order valence-electron chi connectivity index (χ4n) is 0. The van der Waals surface area contributed by atoms with E-state index in [0.29, 0.717) is 0 Å². The van der Waals surface area contributed by atoms with Gasteiger partial charge in [0.2, 0.25) is 0 Å². The van der Waals surface area contributed by atoms with Crippen molar-refractivity contribution in [1.82, 2.24) is 0 Å². The van der Waals surface area contributed by atoms with Crippen molar-refractivity contribution in [3.63, 3.8) is 0 Å². The van der Waals surface area contributed by atoms with Crippen LogP contribution in [0.4, 0.5) is 0 Å². The minimum Gasteiger partial charge on any atom is -1.00 e. The summed E-state index contributed by atoms with van der Waals surface area (Å²) < 4.78 is 0. The Morgan fingerprint density at radius 3 is 1.25 bits per heavy atom. The second-order valence-corrected chi connectivity index (χ2v) is 0. The summed E-state index contributed by atoms with van der Waals surface area (Å²) in [6.07, 6.45) is 0. The maximum absolute atomic E-state index is 0. The molecule has 0 saturated heterocycles. The average molecular weight is 287 g/mol. The zero-order valence-corrected chi connectivity index (χ0v) is 7.73. The van der Waals surface area contributed by atoms with Crippen molar-refractivity contribution < 1.29 is 51.4 Å². The molecule has 0 fully saturated rings. The van der Waals surface area contributed by atoms with Crippen LogP contribution in [-0.4, -0.2) is 40.6 Å². The molecule has 21 valence electrons. The van der Waals surface area contributed by atoms with Crippen LogP contribution in [0.2, 0.25) is 0 Å². The summed E-state index contributed by atoms with van der Waals surface area (Å²) in [5.41, 5.74) is 0. The fraction of sp³-hybridized carbons (Fsp3) is 0. The number of hydrogen-bond acceptors (Lipinski definition) is 0. The van der Waals surface area contributed by atoms with E-state index in [1.165, 1.54) is 0 Å². The smallest absolute Gasteiger partial charge is 1.00 e. The van der Waals surface area contributed by atoms with Crippen molar-refractivity contribution >= 4 is 40.6 Å². The first kappa shape index (κ1) is 28.4. The van der Waals surface area contributed by atoms with Gasteiger partial charge in [-0.3, -0.25) is 0 Å². The SMILES string of the molecule is [GeH4].[H-].[H-].[Mg+2].[Nb].[Zr].